The molecule has 3 rings (SSSR count). The van der Waals surface area contributed by atoms with Gasteiger partial charge in [-0.25, -0.2) is 0 Å². The zero-order valence-electron chi connectivity index (χ0n) is 21.3. The van der Waals surface area contributed by atoms with Crippen molar-refractivity contribution < 1.29 is 0 Å². The van der Waals surface area contributed by atoms with E-state index in [0.717, 1.165) is 23.8 Å². The van der Waals surface area contributed by atoms with E-state index >= 15 is 0 Å². The van der Waals surface area contributed by atoms with Crippen LogP contribution in [-0.4, -0.2) is 23.3 Å². The molecule has 2 aliphatic carbocycles. The van der Waals surface area contributed by atoms with Crippen molar-refractivity contribution in [2.24, 2.45) is 22.9 Å². The van der Waals surface area contributed by atoms with Crippen molar-refractivity contribution in [3.63, 3.8) is 0 Å². The van der Waals surface area contributed by atoms with E-state index in [1.165, 1.54) is 141 Å². The lowest BCUT2D eigenvalue weighted by atomic mass is 9.78. The van der Waals surface area contributed by atoms with Crippen LogP contribution in [0.3, 0.4) is 0 Å². The molecule has 0 amide bonds. The molecular weight excluding hydrogens is 376 g/mol. The molecule has 2 unspecified atom stereocenters. The fourth-order valence-corrected chi connectivity index (χ4v) is 6.75. The van der Waals surface area contributed by atoms with Crippen LogP contribution in [0.25, 0.3) is 0 Å². The third kappa shape index (κ3) is 8.39. The summed E-state index contributed by atoms with van der Waals surface area (Å²) in [4.78, 5) is 0. The van der Waals surface area contributed by atoms with Crippen LogP contribution >= 0.6 is 0 Å². The maximum Gasteiger partial charge on any atom is 0.0470 e. The number of nitrogens with zero attached hydrogens (tertiary/aromatic N) is 2. The summed E-state index contributed by atoms with van der Waals surface area (Å²) in [5, 5.41) is 8.34. The molecule has 2 nitrogen and oxygen atoms in total. The highest BCUT2D eigenvalue weighted by molar-refractivity contribution is 5.87. The Hall–Kier alpha value is -0.530. The molecule has 1 aliphatic heterocycles. The Morgan fingerprint density at radius 2 is 1.26 bits per heavy atom. The first kappa shape index (κ1) is 25.1. The number of hydrogen-bond acceptors (Lipinski definition) is 2. The molecule has 2 fully saturated rings. The van der Waals surface area contributed by atoms with Gasteiger partial charge in [-0.3, -0.25) is 5.01 Å². The molecule has 180 valence electrons. The van der Waals surface area contributed by atoms with Gasteiger partial charge in [-0.15, -0.1) is 0 Å². The third-order valence-corrected chi connectivity index (χ3v) is 8.73. The smallest absolute Gasteiger partial charge is 0.0470 e. The fourth-order valence-electron chi connectivity index (χ4n) is 6.75. The van der Waals surface area contributed by atoms with E-state index in [4.69, 9.17) is 5.10 Å². The van der Waals surface area contributed by atoms with Crippen molar-refractivity contribution in [3.05, 3.63) is 0 Å². The molecule has 1 heterocycles. The lowest BCUT2D eigenvalue weighted by Gasteiger charge is -2.34. The van der Waals surface area contributed by atoms with Gasteiger partial charge in [0.1, 0.15) is 0 Å². The predicted molar refractivity (Wildman–Crippen MR) is 137 cm³/mol. The normalized spacial score (nSPS) is 28.6. The highest BCUT2D eigenvalue weighted by Gasteiger charge is 2.33. The predicted octanol–water partition coefficient (Wildman–Crippen LogP) is 9.13. The average molecular weight is 431 g/mol. The van der Waals surface area contributed by atoms with Gasteiger partial charge in [0.2, 0.25) is 0 Å². The molecule has 31 heavy (non-hydrogen) atoms. The van der Waals surface area contributed by atoms with E-state index in [2.05, 4.69) is 18.9 Å². The van der Waals surface area contributed by atoms with Crippen molar-refractivity contribution >= 4 is 5.71 Å². The summed E-state index contributed by atoms with van der Waals surface area (Å²) in [7, 11) is 0. The van der Waals surface area contributed by atoms with E-state index in [1.807, 2.05) is 0 Å². The minimum absolute atomic E-state index is 0.719. The Balaban J connectivity index is 1.82. The van der Waals surface area contributed by atoms with Gasteiger partial charge in [0.05, 0.1) is 0 Å². The highest BCUT2D eigenvalue weighted by atomic mass is 15.5. The molecule has 2 atom stereocenters. The molecule has 0 aromatic carbocycles. The van der Waals surface area contributed by atoms with Crippen LogP contribution in [0.2, 0.25) is 0 Å². The van der Waals surface area contributed by atoms with E-state index in [0.29, 0.717) is 0 Å². The van der Waals surface area contributed by atoms with Gasteiger partial charge in [0, 0.05) is 18.3 Å². The average Bonchev–Trinajstić information content (AvgIpc) is 2.82. The maximum atomic E-state index is 5.64. The molecular formula is C29H54N2. The van der Waals surface area contributed by atoms with E-state index < -0.39 is 0 Å². The number of rotatable bonds is 7. The van der Waals surface area contributed by atoms with Gasteiger partial charge < -0.3 is 0 Å². The largest absolute Gasteiger partial charge is 0.294 e. The summed E-state index contributed by atoms with van der Waals surface area (Å²) >= 11 is 0. The molecule has 2 saturated carbocycles. The van der Waals surface area contributed by atoms with Crippen molar-refractivity contribution in [2.75, 3.05) is 6.54 Å². The Morgan fingerprint density at radius 3 is 1.84 bits per heavy atom. The van der Waals surface area contributed by atoms with Crippen LogP contribution < -0.4 is 0 Å². The SMILES string of the molecule is CCCCC1CN(C2CCCCCCC2)N=C(C2CCCCCCCC2)CC1CCC. The second-order valence-corrected chi connectivity index (χ2v) is 11.3. The summed E-state index contributed by atoms with van der Waals surface area (Å²) in [6, 6.07) is 0.719. The zero-order chi connectivity index (χ0) is 21.7. The fraction of sp³-hybridized carbons (Fsp3) is 0.966. The number of hydrazone groups is 1. The Morgan fingerprint density at radius 1 is 0.677 bits per heavy atom. The van der Waals surface area contributed by atoms with E-state index in [9.17, 15) is 0 Å². The first-order chi connectivity index (χ1) is 15.3. The quantitative estimate of drug-likeness (QED) is 0.393. The lowest BCUT2D eigenvalue weighted by Crippen LogP contribution is -2.36. The Bertz CT molecular complexity index is 481. The van der Waals surface area contributed by atoms with Gasteiger partial charge in [-0.05, 0) is 56.3 Å². The van der Waals surface area contributed by atoms with Gasteiger partial charge in [0.25, 0.3) is 0 Å². The van der Waals surface area contributed by atoms with Crippen LogP contribution in [0.5, 0.6) is 0 Å². The number of hydrogen-bond donors (Lipinski definition) is 0. The van der Waals surface area contributed by atoms with Crippen molar-refractivity contribution in [1.29, 1.82) is 0 Å². The van der Waals surface area contributed by atoms with Crippen LogP contribution in [0, 0.1) is 17.8 Å². The monoisotopic (exact) mass is 430 g/mol. The first-order valence-corrected chi connectivity index (χ1v) is 14.7. The summed E-state index contributed by atoms with van der Waals surface area (Å²) in [6.07, 6.45) is 29.8. The van der Waals surface area contributed by atoms with Crippen LogP contribution in [-0.2, 0) is 0 Å². The molecule has 0 spiro atoms. The minimum atomic E-state index is 0.719. The van der Waals surface area contributed by atoms with Crippen molar-refractivity contribution in [2.45, 2.75) is 155 Å². The molecule has 3 aliphatic rings. The Kier molecular flexibility index (Phi) is 11.8. The van der Waals surface area contributed by atoms with Crippen LogP contribution in [0.1, 0.15) is 149 Å². The standard InChI is InChI=1S/C29H54N2/c1-3-5-18-27-24-31(28-21-15-11-8-12-16-22-28)30-29(23-26(27)17-4-2)25-19-13-9-6-7-10-14-20-25/h25-28H,3-24H2,1-2H3. The van der Waals surface area contributed by atoms with Crippen molar-refractivity contribution in [3.8, 4) is 0 Å². The summed E-state index contributed by atoms with van der Waals surface area (Å²) < 4.78 is 0. The zero-order valence-corrected chi connectivity index (χ0v) is 21.3. The second kappa shape index (κ2) is 14.6. The van der Waals surface area contributed by atoms with E-state index in [1.54, 1.807) is 5.71 Å². The van der Waals surface area contributed by atoms with Gasteiger partial charge in [-0.2, -0.15) is 5.10 Å². The first-order valence-electron chi connectivity index (χ1n) is 14.7. The highest BCUT2D eigenvalue weighted by Crippen LogP contribution is 2.36. The van der Waals surface area contributed by atoms with Gasteiger partial charge in [0.15, 0.2) is 0 Å². The molecule has 0 aromatic heterocycles. The second-order valence-electron chi connectivity index (χ2n) is 11.3. The van der Waals surface area contributed by atoms with Gasteiger partial charge in [-0.1, -0.05) is 110 Å². The van der Waals surface area contributed by atoms with E-state index in [-0.39, 0.29) is 0 Å². The molecule has 0 saturated heterocycles. The molecule has 0 aromatic rings. The van der Waals surface area contributed by atoms with Crippen LogP contribution in [0.4, 0.5) is 0 Å². The molecule has 0 N–H and O–H groups in total. The summed E-state index contributed by atoms with van der Waals surface area (Å²) in [5.41, 5.74) is 1.64. The minimum Gasteiger partial charge on any atom is -0.294 e. The summed E-state index contributed by atoms with van der Waals surface area (Å²) in [6.45, 7) is 6.04. The van der Waals surface area contributed by atoms with Crippen LogP contribution in [0.15, 0.2) is 5.10 Å². The molecule has 0 bridgehead atoms. The van der Waals surface area contributed by atoms with Gasteiger partial charge >= 0.3 is 0 Å². The van der Waals surface area contributed by atoms with Crippen molar-refractivity contribution in [1.82, 2.24) is 5.01 Å². The lowest BCUT2D eigenvalue weighted by molar-refractivity contribution is 0.126. The Labute approximate surface area is 195 Å². The third-order valence-electron chi connectivity index (χ3n) is 8.73. The maximum absolute atomic E-state index is 5.64. The molecule has 0 radical (unpaired) electrons. The topological polar surface area (TPSA) is 15.6 Å². The summed E-state index contributed by atoms with van der Waals surface area (Å²) in [5.74, 6) is 2.52. The molecule has 2 heteroatoms. The number of unbranched alkanes of at least 4 members (excludes halogenated alkanes) is 1.